The third-order valence-electron chi connectivity index (χ3n) is 12.2. The maximum atomic E-state index is 5.12. The minimum absolute atomic E-state index is 0.614. The molecular weight excluding hydrogens is 695 g/mol. The molecule has 1 aliphatic heterocycles. The maximum Gasteiger partial charge on any atom is 0.105 e. The minimum atomic E-state index is -0.614. The number of hydrogen-bond donors (Lipinski definition) is 0. The Morgan fingerprint density at radius 1 is 0.491 bits per heavy atom. The van der Waals surface area contributed by atoms with Crippen LogP contribution < -0.4 is 0 Å². The van der Waals surface area contributed by atoms with E-state index in [0.29, 0.717) is 0 Å². The number of allylic oxidation sites excluding steroid dienone is 2. The average molecular weight is 730 g/mol. The van der Waals surface area contributed by atoms with Gasteiger partial charge in [0.25, 0.3) is 0 Å². The Kier molecular flexibility index (Phi) is 6.90. The van der Waals surface area contributed by atoms with Crippen molar-refractivity contribution < 1.29 is 0 Å². The van der Waals surface area contributed by atoms with Crippen LogP contribution >= 0.6 is 0 Å². The van der Waals surface area contributed by atoms with Crippen molar-refractivity contribution in [1.82, 2.24) is 19.1 Å². The molecule has 6 aromatic carbocycles. The summed E-state index contributed by atoms with van der Waals surface area (Å²) < 4.78 is 4.76. The van der Waals surface area contributed by atoms with E-state index in [4.69, 9.17) is 9.98 Å². The summed E-state index contributed by atoms with van der Waals surface area (Å²) in [5.41, 5.74) is 15.7. The first kappa shape index (κ1) is 31.9. The maximum absolute atomic E-state index is 5.12. The summed E-state index contributed by atoms with van der Waals surface area (Å²) in [7, 11) is 0. The average Bonchev–Trinajstić information content (AvgIpc) is 3.92. The van der Waals surface area contributed by atoms with Crippen molar-refractivity contribution in [2.75, 3.05) is 0 Å². The summed E-state index contributed by atoms with van der Waals surface area (Å²) in [4.78, 5) is 14.6. The SMILES string of the molecule is C1=NC(C2(c3ccccn3)c3ccccc3-c3c2ccc2c3c3ccccc3n2-c2ccc(-c3ccc(-n4c5ccccc5c5cnccc54)cc3)cc2)=CCC1. The van der Waals surface area contributed by atoms with Crippen molar-refractivity contribution >= 4 is 49.8 Å². The largest absolute Gasteiger partial charge is 0.309 e. The molecule has 4 aromatic heterocycles. The smallest absolute Gasteiger partial charge is 0.105 e. The fourth-order valence-electron chi connectivity index (χ4n) is 9.83. The van der Waals surface area contributed by atoms with Crippen LogP contribution in [0.1, 0.15) is 29.7 Å². The summed E-state index contributed by atoms with van der Waals surface area (Å²) in [5.74, 6) is 0. The summed E-state index contributed by atoms with van der Waals surface area (Å²) in [6.45, 7) is 0. The van der Waals surface area contributed by atoms with Crippen LogP contribution in [0.3, 0.4) is 0 Å². The quantitative estimate of drug-likeness (QED) is 0.177. The van der Waals surface area contributed by atoms with Crippen molar-refractivity contribution in [1.29, 1.82) is 0 Å². The molecule has 0 fully saturated rings. The van der Waals surface area contributed by atoms with E-state index in [1.807, 2.05) is 24.7 Å². The number of aliphatic imine (C=N–C) groups is 1. The molecule has 5 heterocycles. The first-order valence-corrected chi connectivity index (χ1v) is 19.7. The molecule has 0 spiro atoms. The molecule has 0 saturated heterocycles. The molecule has 10 aromatic rings. The summed E-state index contributed by atoms with van der Waals surface area (Å²) in [6.07, 6.45) is 12.1. The molecule has 268 valence electrons. The number of para-hydroxylation sites is 2. The summed E-state index contributed by atoms with van der Waals surface area (Å²) in [5, 5.41) is 4.87. The Morgan fingerprint density at radius 2 is 1.16 bits per heavy atom. The monoisotopic (exact) mass is 729 g/mol. The van der Waals surface area contributed by atoms with Gasteiger partial charge in [0.1, 0.15) is 5.41 Å². The van der Waals surface area contributed by atoms with Gasteiger partial charge in [0.2, 0.25) is 0 Å². The Morgan fingerprint density at radius 3 is 1.89 bits per heavy atom. The molecule has 0 N–H and O–H groups in total. The van der Waals surface area contributed by atoms with Crippen molar-refractivity contribution in [3.8, 4) is 33.6 Å². The predicted molar refractivity (Wildman–Crippen MR) is 234 cm³/mol. The van der Waals surface area contributed by atoms with Gasteiger partial charge in [-0.2, -0.15) is 0 Å². The highest BCUT2D eigenvalue weighted by Crippen LogP contribution is 2.59. The fourth-order valence-corrected chi connectivity index (χ4v) is 9.83. The van der Waals surface area contributed by atoms with Crippen LogP contribution in [-0.4, -0.2) is 25.3 Å². The third-order valence-corrected chi connectivity index (χ3v) is 12.2. The van der Waals surface area contributed by atoms with Gasteiger partial charge >= 0.3 is 0 Å². The Hall–Kier alpha value is -7.37. The molecule has 1 unspecified atom stereocenters. The summed E-state index contributed by atoms with van der Waals surface area (Å²) >= 11 is 0. The molecule has 12 rings (SSSR count). The Labute approximate surface area is 329 Å². The van der Waals surface area contributed by atoms with Crippen LogP contribution in [0, 0.1) is 0 Å². The van der Waals surface area contributed by atoms with Crippen LogP contribution in [0.4, 0.5) is 0 Å². The second-order valence-corrected chi connectivity index (χ2v) is 15.1. The number of rotatable bonds is 5. The highest BCUT2D eigenvalue weighted by Gasteiger charge is 2.49. The van der Waals surface area contributed by atoms with E-state index >= 15 is 0 Å². The fraction of sp³-hybridized carbons (Fsp3) is 0.0577. The first-order chi connectivity index (χ1) is 28.3. The molecule has 1 atom stereocenters. The third kappa shape index (κ3) is 4.48. The lowest BCUT2D eigenvalue weighted by Crippen LogP contribution is -2.30. The Bertz CT molecular complexity index is 3220. The van der Waals surface area contributed by atoms with E-state index in [2.05, 4.69) is 178 Å². The van der Waals surface area contributed by atoms with Crippen LogP contribution in [-0.2, 0) is 5.41 Å². The van der Waals surface area contributed by atoms with Gasteiger partial charge in [0, 0.05) is 57.7 Å². The molecule has 0 radical (unpaired) electrons. The summed E-state index contributed by atoms with van der Waals surface area (Å²) in [6, 6.07) is 57.2. The molecule has 2 aliphatic rings. The standard InChI is InChI=1S/C52H35N5/c1-4-14-42-39(12-1)50-43(52(42,48-17-7-9-30-54-48)49-18-8-10-31-55-49)27-28-47-51(50)40-13-3-6-16-45(40)57(47)37-25-21-35(22-26-37)34-19-23-36(24-20-34)56-44-15-5-2-11-38(44)41-33-53-32-29-46(41)56/h1-7,9,11-33H,8,10H2. The Balaban J connectivity index is 1.00. The van der Waals surface area contributed by atoms with Gasteiger partial charge in [-0.1, -0.05) is 103 Å². The molecule has 5 heteroatoms. The van der Waals surface area contributed by atoms with Crippen molar-refractivity contribution in [2.45, 2.75) is 18.3 Å². The van der Waals surface area contributed by atoms with Crippen LogP contribution in [0.2, 0.25) is 0 Å². The highest BCUT2D eigenvalue weighted by atomic mass is 15.0. The van der Waals surface area contributed by atoms with Gasteiger partial charge < -0.3 is 9.13 Å². The normalized spacial score (nSPS) is 16.0. The number of pyridine rings is 2. The number of fused-ring (bicyclic) bond motifs is 10. The molecule has 1 aliphatic carbocycles. The molecule has 0 saturated carbocycles. The minimum Gasteiger partial charge on any atom is -0.309 e. The van der Waals surface area contributed by atoms with E-state index in [9.17, 15) is 0 Å². The topological polar surface area (TPSA) is 48.0 Å². The van der Waals surface area contributed by atoms with Crippen LogP contribution in [0.15, 0.2) is 193 Å². The van der Waals surface area contributed by atoms with E-state index in [1.165, 1.54) is 66.1 Å². The molecule has 57 heavy (non-hydrogen) atoms. The van der Waals surface area contributed by atoms with Crippen LogP contribution in [0.25, 0.3) is 77.2 Å². The van der Waals surface area contributed by atoms with E-state index in [0.717, 1.165) is 46.5 Å². The molecule has 0 amide bonds. The zero-order valence-corrected chi connectivity index (χ0v) is 31.0. The van der Waals surface area contributed by atoms with Gasteiger partial charge in [-0.05, 0) is 107 Å². The predicted octanol–water partition coefficient (Wildman–Crippen LogP) is 12.4. The van der Waals surface area contributed by atoms with Crippen molar-refractivity contribution in [2.24, 2.45) is 4.99 Å². The lowest BCUT2D eigenvalue weighted by molar-refractivity contribution is 0.696. The van der Waals surface area contributed by atoms with Gasteiger partial charge in [0.05, 0.1) is 33.5 Å². The van der Waals surface area contributed by atoms with E-state index in [1.54, 1.807) is 0 Å². The highest BCUT2D eigenvalue weighted by molar-refractivity contribution is 6.18. The first-order valence-electron chi connectivity index (χ1n) is 19.7. The van der Waals surface area contributed by atoms with Crippen molar-refractivity contribution in [3.05, 3.63) is 205 Å². The van der Waals surface area contributed by atoms with Crippen LogP contribution in [0.5, 0.6) is 0 Å². The lowest BCUT2D eigenvalue weighted by atomic mass is 9.71. The number of benzene rings is 6. The van der Waals surface area contributed by atoms with Gasteiger partial charge in [-0.15, -0.1) is 0 Å². The number of hydrogen-bond acceptors (Lipinski definition) is 3. The van der Waals surface area contributed by atoms with Gasteiger partial charge in [0.15, 0.2) is 0 Å². The number of aromatic nitrogens is 4. The molecule has 0 bridgehead atoms. The van der Waals surface area contributed by atoms with E-state index < -0.39 is 5.41 Å². The van der Waals surface area contributed by atoms with Gasteiger partial charge in [-0.25, -0.2) is 0 Å². The second kappa shape index (κ2) is 12.3. The second-order valence-electron chi connectivity index (χ2n) is 15.1. The van der Waals surface area contributed by atoms with Crippen molar-refractivity contribution in [3.63, 3.8) is 0 Å². The number of nitrogens with zero attached hydrogens (tertiary/aromatic N) is 5. The zero-order chi connectivity index (χ0) is 37.5. The lowest BCUT2D eigenvalue weighted by Gasteiger charge is -2.33. The zero-order valence-electron chi connectivity index (χ0n) is 31.0. The van der Waals surface area contributed by atoms with E-state index in [-0.39, 0.29) is 0 Å². The molecule has 5 nitrogen and oxygen atoms in total. The molecular formula is C52H35N5. The van der Waals surface area contributed by atoms with Gasteiger partial charge in [-0.3, -0.25) is 15.0 Å².